The van der Waals surface area contributed by atoms with Gasteiger partial charge >= 0.3 is 12.1 Å². The van der Waals surface area contributed by atoms with Crippen LogP contribution in [0.3, 0.4) is 0 Å². The molecule has 0 aliphatic heterocycles. The molecule has 188 valence electrons. The predicted octanol–water partition coefficient (Wildman–Crippen LogP) is 2.95. The van der Waals surface area contributed by atoms with Crippen LogP contribution in [-0.4, -0.2) is 60.6 Å². The Bertz CT molecular complexity index is 891. The van der Waals surface area contributed by atoms with Gasteiger partial charge in [0, 0.05) is 13.1 Å². The minimum absolute atomic E-state index is 0.00876. The first-order chi connectivity index (χ1) is 15.9. The van der Waals surface area contributed by atoms with E-state index in [1.807, 2.05) is 26.0 Å². The van der Waals surface area contributed by atoms with Gasteiger partial charge in [0.05, 0.1) is 13.0 Å². The third-order valence-corrected chi connectivity index (χ3v) is 4.77. The van der Waals surface area contributed by atoms with Crippen molar-refractivity contribution in [1.82, 2.24) is 15.5 Å². The smallest absolute Gasteiger partial charge is 0.408 e. The highest BCUT2D eigenvalue weighted by molar-refractivity contribution is 5.90. The van der Waals surface area contributed by atoms with Crippen LogP contribution in [0, 0.1) is 13.8 Å². The van der Waals surface area contributed by atoms with E-state index < -0.39 is 35.5 Å². The van der Waals surface area contributed by atoms with E-state index in [4.69, 9.17) is 9.47 Å². The van der Waals surface area contributed by atoms with Crippen molar-refractivity contribution in [2.24, 2.45) is 0 Å². The number of rotatable bonds is 11. The van der Waals surface area contributed by atoms with E-state index in [0.717, 1.165) is 11.1 Å². The molecular weight excluding hydrogens is 438 g/mol. The Kier molecular flexibility index (Phi) is 11.3. The Morgan fingerprint density at radius 3 is 2.35 bits per heavy atom. The van der Waals surface area contributed by atoms with Crippen molar-refractivity contribution in [3.05, 3.63) is 47.5 Å². The van der Waals surface area contributed by atoms with Crippen molar-refractivity contribution in [1.29, 1.82) is 0 Å². The van der Waals surface area contributed by atoms with Crippen LogP contribution in [0.2, 0.25) is 0 Å². The third-order valence-electron chi connectivity index (χ3n) is 4.77. The van der Waals surface area contributed by atoms with Gasteiger partial charge in [-0.3, -0.25) is 14.4 Å². The van der Waals surface area contributed by atoms with Gasteiger partial charge in [-0.05, 0) is 58.2 Å². The Labute approximate surface area is 201 Å². The molecule has 0 heterocycles. The van der Waals surface area contributed by atoms with E-state index in [0.29, 0.717) is 5.56 Å². The quantitative estimate of drug-likeness (QED) is 0.376. The molecule has 2 N–H and O–H groups in total. The topological polar surface area (TPSA) is 114 Å². The van der Waals surface area contributed by atoms with Gasteiger partial charge in [0.2, 0.25) is 11.8 Å². The van der Waals surface area contributed by atoms with E-state index in [1.165, 1.54) is 11.0 Å². The Morgan fingerprint density at radius 2 is 1.79 bits per heavy atom. The molecule has 9 nitrogen and oxygen atoms in total. The Hall–Kier alpha value is -3.36. The molecule has 0 aromatic heterocycles. The van der Waals surface area contributed by atoms with Crippen LogP contribution >= 0.6 is 0 Å². The van der Waals surface area contributed by atoms with Gasteiger partial charge in [-0.2, -0.15) is 0 Å². The number of amides is 3. The number of benzene rings is 1. The second-order valence-corrected chi connectivity index (χ2v) is 8.78. The van der Waals surface area contributed by atoms with Crippen LogP contribution in [0.25, 0.3) is 0 Å². The molecule has 0 radical (unpaired) electrons. The van der Waals surface area contributed by atoms with Crippen LogP contribution in [0.15, 0.2) is 30.9 Å². The summed E-state index contributed by atoms with van der Waals surface area (Å²) in [6, 6.07) is 4.50. The summed E-state index contributed by atoms with van der Waals surface area (Å²) in [6.07, 6.45) is 0.779. The maximum Gasteiger partial charge on any atom is 0.408 e. The lowest BCUT2D eigenvalue weighted by molar-refractivity contribution is -0.143. The highest BCUT2D eigenvalue weighted by atomic mass is 16.6. The fourth-order valence-electron chi connectivity index (χ4n) is 3.08. The highest BCUT2D eigenvalue weighted by Crippen LogP contribution is 2.24. The lowest BCUT2D eigenvalue weighted by Crippen LogP contribution is -2.48. The summed E-state index contributed by atoms with van der Waals surface area (Å²) in [5.41, 5.74) is 1.89. The van der Waals surface area contributed by atoms with Gasteiger partial charge in [0.1, 0.15) is 18.2 Å². The Balaban J connectivity index is 3.13. The minimum Gasteiger partial charge on any atom is -0.466 e. The molecule has 0 spiro atoms. The first kappa shape index (κ1) is 28.7. The Morgan fingerprint density at radius 1 is 1.12 bits per heavy atom. The van der Waals surface area contributed by atoms with Gasteiger partial charge in [0.15, 0.2) is 0 Å². The summed E-state index contributed by atoms with van der Waals surface area (Å²) in [7, 11) is 0. The summed E-state index contributed by atoms with van der Waals surface area (Å²) in [5.74, 6) is -1.37. The monoisotopic (exact) mass is 475 g/mol. The summed E-state index contributed by atoms with van der Waals surface area (Å²) >= 11 is 0. The first-order valence-corrected chi connectivity index (χ1v) is 11.3. The lowest BCUT2D eigenvalue weighted by Gasteiger charge is -2.31. The lowest BCUT2D eigenvalue weighted by atomic mass is 9.99. The standard InChI is InChI=1S/C25H37N3O6/c1-8-14-28(20(29)16-27-24(32)34-25(5,6)7)22(19-11-10-17(3)18(4)15-19)23(31)26-13-12-21(30)33-9-2/h8,10-11,15,22H,1,9,12-14,16H2,2-7H3,(H,26,31)(H,27,32). The molecule has 0 saturated carbocycles. The van der Waals surface area contributed by atoms with Crippen molar-refractivity contribution in [2.75, 3.05) is 26.2 Å². The van der Waals surface area contributed by atoms with E-state index in [1.54, 1.807) is 33.8 Å². The first-order valence-electron chi connectivity index (χ1n) is 11.3. The average molecular weight is 476 g/mol. The molecule has 0 fully saturated rings. The summed E-state index contributed by atoms with van der Waals surface area (Å²) < 4.78 is 10.1. The summed E-state index contributed by atoms with van der Waals surface area (Å²) in [6.45, 7) is 14.4. The molecular formula is C25H37N3O6. The normalized spacial score (nSPS) is 11.7. The number of carbonyl (C=O) groups is 4. The van der Waals surface area contributed by atoms with Gasteiger partial charge in [-0.25, -0.2) is 4.79 Å². The van der Waals surface area contributed by atoms with Crippen LogP contribution < -0.4 is 10.6 Å². The predicted molar refractivity (Wildman–Crippen MR) is 129 cm³/mol. The molecule has 1 aromatic rings. The molecule has 1 aromatic carbocycles. The number of ether oxygens (including phenoxy) is 2. The third kappa shape index (κ3) is 9.64. The van der Waals surface area contributed by atoms with E-state index >= 15 is 0 Å². The molecule has 1 atom stereocenters. The van der Waals surface area contributed by atoms with Crippen molar-refractivity contribution < 1.29 is 28.7 Å². The van der Waals surface area contributed by atoms with Crippen LogP contribution in [0.5, 0.6) is 0 Å². The second-order valence-electron chi connectivity index (χ2n) is 8.78. The molecule has 0 aliphatic rings. The number of hydrogen-bond donors (Lipinski definition) is 2. The zero-order valence-corrected chi connectivity index (χ0v) is 21.0. The molecule has 34 heavy (non-hydrogen) atoms. The van der Waals surface area contributed by atoms with Crippen LogP contribution in [0.4, 0.5) is 4.79 Å². The van der Waals surface area contributed by atoms with Crippen molar-refractivity contribution >= 4 is 23.9 Å². The van der Waals surface area contributed by atoms with Crippen LogP contribution in [-0.2, 0) is 23.9 Å². The second kappa shape index (κ2) is 13.4. The number of alkyl carbamates (subject to hydrolysis) is 1. The average Bonchev–Trinajstić information content (AvgIpc) is 2.73. The number of hydrogen-bond acceptors (Lipinski definition) is 6. The van der Waals surface area contributed by atoms with Crippen molar-refractivity contribution in [3.63, 3.8) is 0 Å². The SMILES string of the molecule is C=CCN(C(=O)CNC(=O)OC(C)(C)C)C(C(=O)NCCC(=O)OCC)c1ccc(C)c(C)c1. The maximum absolute atomic E-state index is 13.2. The molecule has 0 bridgehead atoms. The van der Waals surface area contributed by atoms with E-state index in [2.05, 4.69) is 17.2 Å². The molecule has 0 aliphatic carbocycles. The summed E-state index contributed by atoms with van der Waals surface area (Å²) in [5, 5.41) is 5.15. The largest absolute Gasteiger partial charge is 0.466 e. The van der Waals surface area contributed by atoms with Crippen molar-refractivity contribution in [2.45, 2.75) is 59.6 Å². The molecule has 3 amide bonds. The van der Waals surface area contributed by atoms with Crippen LogP contribution in [0.1, 0.15) is 56.8 Å². The van der Waals surface area contributed by atoms with Gasteiger partial charge < -0.3 is 25.0 Å². The zero-order valence-electron chi connectivity index (χ0n) is 21.0. The molecule has 1 unspecified atom stereocenters. The number of nitrogens with zero attached hydrogens (tertiary/aromatic N) is 1. The van der Waals surface area contributed by atoms with E-state index in [9.17, 15) is 19.2 Å². The maximum atomic E-state index is 13.2. The highest BCUT2D eigenvalue weighted by Gasteiger charge is 2.31. The fraction of sp³-hybridized carbons (Fsp3) is 0.520. The minimum atomic E-state index is -0.993. The number of aryl methyl sites for hydroxylation is 2. The van der Waals surface area contributed by atoms with Crippen molar-refractivity contribution in [3.8, 4) is 0 Å². The van der Waals surface area contributed by atoms with Gasteiger partial charge in [-0.1, -0.05) is 24.3 Å². The summed E-state index contributed by atoms with van der Waals surface area (Å²) in [4.78, 5) is 51.3. The zero-order chi connectivity index (χ0) is 25.9. The fourth-order valence-corrected chi connectivity index (χ4v) is 3.08. The molecule has 0 saturated heterocycles. The molecule has 9 heteroatoms. The van der Waals surface area contributed by atoms with E-state index in [-0.39, 0.29) is 32.7 Å². The molecule has 1 rings (SSSR count). The van der Waals surface area contributed by atoms with Gasteiger partial charge in [0.25, 0.3) is 0 Å². The number of carbonyl (C=O) groups excluding carboxylic acids is 4. The number of nitrogens with one attached hydrogen (secondary N) is 2. The van der Waals surface area contributed by atoms with Gasteiger partial charge in [-0.15, -0.1) is 6.58 Å². The number of esters is 1.